The van der Waals surface area contributed by atoms with E-state index in [0.717, 1.165) is 29.1 Å². The molecular weight excluding hydrogens is 306 g/mol. The van der Waals surface area contributed by atoms with E-state index in [1.165, 1.54) is 31.2 Å². The molecule has 4 heteroatoms. The SMILES string of the molecule is COc1cc(Br)cc(C2CCCNC2)c1OC1CC1. The van der Waals surface area contributed by atoms with E-state index in [1.54, 1.807) is 7.11 Å². The molecule has 2 fully saturated rings. The lowest BCUT2D eigenvalue weighted by atomic mass is 9.91. The number of ether oxygens (including phenoxy) is 2. The van der Waals surface area contributed by atoms with E-state index in [4.69, 9.17) is 9.47 Å². The third kappa shape index (κ3) is 3.06. The van der Waals surface area contributed by atoms with Gasteiger partial charge < -0.3 is 14.8 Å². The molecule has 19 heavy (non-hydrogen) atoms. The number of halogens is 1. The summed E-state index contributed by atoms with van der Waals surface area (Å²) in [5.74, 6) is 2.33. The van der Waals surface area contributed by atoms with Crippen molar-refractivity contribution in [2.24, 2.45) is 0 Å². The van der Waals surface area contributed by atoms with Gasteiger partial charge in [0.2, 0.25) is 0 Å². The molecule has 1 saturated heterocycles. The van der Waals surface area contributed by atoms with Crippen molar-refractivity contribution in [1.29, 1.82) is 0 Å². The summed E-state index contributed by atoms with van der Waals surface area (Å²) in [6, 6.07) is 4.19. The third-order valence-electron chi connectivity index (χ3n) is 3.81. The Kier molecular flexibility index (Phi) is 3.99. The zero-order valence-electron chi connectivity index (χ0n) is 11.2. The van der Waals surface area contributed by atoms with E-state index in [-0.39, 0.29) is 0 Å². The lowest BCUT2D eigenvalue weighted by Crippen LogP contribution is -2.28. The van der Waals surface area contributed by atoms with Crippen molar-refractivity contribution in [2.75, 3.05) is 20.2 Å². The Morgan fingerprint density at radius 3 is 2.74 bits per heavy atom. The van der Waals surface area contributed by atoms with Crippen molar-refractivity contribution in [3.8, 4) is 11.5 Å². The van der Waals surface area contributed by atoms with Gasteiger partial charge in [0.25, 0.3) is 0 Å². The number of nitrogens with one attached hydrogen (secondary N) is 1. The number of benzene rings is 1. The maximum Gasteiger partial charge on any atom is 0.165 e. The van der Waals surface area contributed by atoms with Crippen LogP contribution in [0.15, 0.2) is 16.6 Å². The quantitative estimate of drug-likeness (QED) is 0.919. The van der Waals surface area contributed by atoms with Crippen LogP contribution in [0.2, 0.25) is 0 Å². The van der Waals surface area contributed by atoms with Gasteiger partial charge in [0.05, 0.1) is 13.2 Å². The van der Waals surface area contributed by atoms with Gasteiger partial charge in [-0.05, 0) is 44.4 Å². The summed E-state index contributed by atoms with van der Waals surface area (Å²) in [6.45, 7) is 2.15. The Morgan fingerprint density at radius 1 is 1.26 bits per heavy atom. The molecule has 104 valence electrons. The first-order chi connectivity index (χ1) is 9.28. The molecule has 1 aromatic carbocycles. The van der Waals surface area contributed by atoms with E-state index in [0.29, 0.717) is 12.0 Å². The maximum absolute atomic E-state index is 6.11. The number of methoxy groups -OCH3 is 1. The summed E-state index contributed by atoms with van der Waals surface area (Å²) in [7, 11) is 1.71. The summed E-state index contributed by atoms with van der Waals surface area (Å²) in [5.41, 5.74) is 1.28. The van der Waals surface area contributed by atoms with Crippen LogP contribution in [0.5, 0.6) is 11.5 Å². The smallest absolute Gasteiger partial charge is 0.165 e. The topological polar surface area (TPSA) is 30.5 Å². The van der Waals surface area contributed by atoms with Gasteiger partial charge in [0, 0.05) is 22.5 Å². The molecule has 1 N–H and O–H groups in total. The van der Waals surface area contributed by atoms with E-state index in [1.807, 2.05) is 6.07 Å². The molecule has 0 aromatic heterocycles. The Bertz CT molecular complexity index is 454. The molecule has 1 unspecified atom stereocenters. The van der Waals surface area contributed by atoms with Gasteiger partial charge in [-0.25, -0.2) is 0 Å². The van der Waals surface area contributed by atoms with Crippen LogP contribution < -0.4 is 14.8 Å². The molecular formula is C15H20BrNO2. The summed E-state index contributed by atoms with van der Waals surface area (Å²) in [5, 5.41) is 3.47. The van der Waals surface area contributed by atoms with Crippen LogP contribution in [0.4, 0.5) is 0 Å². The van der Waals surface area contributed by atoms with Crippen molar-refractivity contribution in [3.63, 3.8) is 0 Å². The number of rotatable bonds is 4. The molecule has 1 saturated carbocycles. The van der Waals surface area contributed by atoms with Crippen molar-refractivity contribution >= 4 is 15.9 Å². The van der Waals surface area contributed by atoms with Gasteiger partial charge in [-0.3, -0.25) is 0 Å². The van der Waals surface area contributed by atoms with Crippen molar-refractivity contribution < 1.29 is 9.47 Å². The minimum Gasteiger partial charge on any atom is -0.493 e. The molecule has 3 nitrogen and oxygen atoms in total. The van der Waals surface area contributed by atoms with E-state index < -0.39 is 0 Å². The fourth-order valence-corrected chi connectivity index (χ4v) is 3.09. The van der Waals surface area contributed by atoms with Gasteiger partial charge in [0.15, 0.2) is 11.5 Å². The minimum atomic E-state index is 0.394. The average molecular weight is 326 g/mol. The van der Waals surface area contributed by atoms with Gasteiger partial charge in [0.1, 0.15) is 0 Å². The molecule has 1 aromatic rings. The van der Waals surface area contributed by atoms with Gasteiger partial charge in [-0.2, -0.15) is 0 Å². The maximum atomic E-state index is 6.11. The van der Waals surface area contributed by atoms with E-state index in [2.05, 4.69) is 27.3 Å². The highest BCUT2D eigenvalue weighted by Crippen LogP contribution is 2.43. The molecule has 1 heterocycles. The summed E-state index contributed by atoms with van der Waals surface area (Å²) < 4.78 is 12.7. The van der Waals surface area contributed by atoms with Gasteiger partial charge in [-0.1, -0.05) is 15.9 Å². The lowest BCUT2D eigenvalue weighted by molar-refractivity contribution is 0.275. The molecule has 1 aliphatic heterocycles. The van der Waals surface area contributed by atoms with Gasteiger partial charge >= 0.3 is 0 Å². The van der Waals surface area contributed by atoms with Crippen molar-refractivity contribution in [1.82, 2.24) is 5.32 Å². The Hall–Kier alpha value is -0.740. The summed E-state index contributed by atoms with van der Waals surface area (Å²) >= 11 is 3.58. The van der Waals surface area contributed by atoms with Crippen LogP contribution in [0.3, 0.4) is 0 Å². The highest BCUT2D eigenvalue weighted by Gasteiger charge is 2.29. The highest BCUT2D eigenvalue weighted by atomic mass is 79.9. The fraction of sp³-hybridized carbons (Fsp3) is 0.600. The third-order valence-corrected chi connectivity index (χ3v) is 4.27. The predicted molar refractivity (Wildman–Crippen MR) is 79.2 cm³/mol. The molecule has 2 aliphatic rings. The molecule has 0 amide bonds. The molecule has 0 radical (unpaired) electrons. The largest absolute Gasteiger partial charge is 0.493 e. The Labute approximate surface area is 122 Å². The highest BCUT2D eigenvalue weighted by molar-refractivity contribution is 9.10. The van der Waals surface area contributed by atoms with E-state index in [9.17, 15) is 0 Å². The molecule has 0 spiro atoms. The first-order valence-corrected chi connectivity index (χ1v) is 7.82. The second kappa shape index (κ2) is 5.71. The van der Waals surface area contributed by atoms with Crippen LogP contribution in [0.25, 0.3) is 0 Å². The average Bonchev–Trinajstić information content (AvgIpc) is 3.25. The number of piperidine rings is 1. The number of hydrogen-bond acceptors (Lipinski definition) is 3. The monoisotopic (exact) mass is 325 g/mol. The van der Waals surface area contributed by atoms with E-state index >= 15 is 0 Å². The van der Waals surface area contributed by atoms with Crippen LogP contribution in [0.1, 0.15) is 37.2 Å². The zero-order valence-corrected chi connectivity index (χ0v) is 12.8. The Morgan fingerprint density at radius 2 is 2.11 bits per heavy atom. The first kappa shape index (κ1) is 13.3. The van der Waals surface area contributed by atoms with Crippen LogP contribution >= 0.6 is 15.9 Å². The second-order valence-corrected chi connectivity index (χ2v) is 6.30. The molecule has 1 aliphatic carbocycles. The molecule has 0 bridgehead atoms. The van der Waals surface area contributed by atoms with Crippen molar-refractivity contribution in [2.45, 2.75) is 37.7 Å². The normalized spacial score (nSPS) is 23.2. The second-order valence-electron chi connectivity index (χ2n) is 5.39. The first-order valence-electron chi connectivity index (χ1n) is 7.02. The standard InChI is InChI=1S/C15H20BrNO2/c1-18-14-8-11(16)7-13(10-3-2-6-17-9-10)15(14)19-12-4-5-12/h7-8,10,12,17H,2-6,9H2,1H3. The van der Waals surface area contributed by atoms with Crippen LogP contribution in [0, 0.1) is 0 Å². The molecule has 3 rings (SSSR count). The Balaban J connectivity index is 1.95. The summed E-state index contributed by atoms with van der Waals surface area (Å²) in [4.78, 5) is 0. The fourth-order valence-electron chi connectivity index (χ4n) is 2.64. The number of hydrogen-bond donors (Lipinski definition) is 1. The van der Waals surface area contributed by atoms with Crippen LogP contribution in [-0.2, 0) is 0 Å². The summed E-state index contributed by atoms with van der Waals surface area (Å²) in [6.07, 6.45) is 5.17. The lowest BCUT2D eigenvalue weighted by Gasteiger charge is -2.26. The van der Waals surface area contributed by atoms with Gasteiger partial charge in [-0.15, -0.1) is 0 Å². The van der Waals surface area contributed by atoms with Crippen LogP contribution in [-0.4, -0.2) is 26.3 Å². The minimum absolute atomic E-state index is 0.394. The molecule has 1 atom stereocenters. The predicted octanol–water partition coefficient (Wildman–Crippen LogP) is 3.47. The van der Waals surface area contributed by atoms with Crippen molar-refractivity contribution in [3.05, 3.63) is 22.2 Å². The zero-order chi connectivity index (χ0) is 13.2.